The van der Waals surface area contributed by atoms with Crippen LogP contribution >= 0.6 is 0 Å². The number of imidazole rings is 1. The molecule has 8 heteroatoms. The molecular weight excluding hydrogens is 480 g/mol. The van der Waals surface area contributed by atoms with E-state index in [1.54, 1.807) is 38.5 Å². The lowest BCUT2D eigenvalue weighted by Gasteiger charge is -2.22. The van der Waals surface area contributed by atoms with Crippen molar-refractivity contribution in [2.24, 2.45) is 0 Å². The first-order valence-corrected chi connectivity index (χ1v) is 12.3. The molecule has 3 aromatic carbocycles. The zero-order valence-corrected chi connectivity index (χ0v) is 22.1. The second-order valence-electron chi connectivity index (χ2n) is 8.95. The van der Waals surface area contributed by atoms with Crippen LogP contribution in [0.1, 0.15) is 21.5 Å². The Morgan fingerprint density at radius 3 is 2.34 bits per heavy atom. The van der Waals surface area contributed by atoms with E-state index in [2.05, 4.69) is 12.2 Å². The molecule has 0 fully saturated rings. The molecule has 2 amide bonds. The second kappa shape index (κ2) is 12.2. The largest absolute Gasteiger partial charge is 0.497 e. The van der Waals surface area contributed by atoms with Crippen molar-refractivity contribution < 1.29 is 19.1 Å². The molecule has 0 atom stereocenters. The van der Waals surface area contributed by atoms with Gasteiger partial charge >= 0.3 is 0 Å². The molecule has 0 bridgehead atoms. The molecule has 38 heavy (non-hydrogen) atoms. The van der Waals surface area contributed by atoms with Gasteiger partial charge in [0.1, 0.15) is 12.3 Å². The number of benzene rings is 3. The Morgan fingerprint density at radius 1 is 0.947 bits per heavy atom. The first-order chi connectivity index (χ1) is 18.4. The van der Waals surface area contributed by atoms with Crippen LogP contribution in [-0.4, -0.2) is 60.2 Å². The molecular formula is C30H32N4O4. The number of aromatic nitrogens is 2. The number of rotatable bonds is 10. The summed E-state index contributed by atoms with van der Waals surface area (Å²) in [6.07, 6.45) is 1.89. The average Bonchev–Trinajstić information content (AvgIpc) is 3.36. The van der Waals surface area contributed by atoms with Crippen molar-refractivity contribution in [1.29, 1.82) is 0 Å². The molecule has 0 aliphatic carbocycles. The van der Waals surface area contributed by atoms with Gasteiger partial charge in [0.15, 0.2) is 0 Å². The maximum atomic E-state index is 13.2. The predicted octanol–water partition coefficient (Wildman–Crippen LogP) is 4.89. The van der Waals surface area contributed by atoms with E-state index in [-0.39, 0.29) is 24.9 Å². The zero-order valence-electron chi connectivity index (χ0n) is 22.1. The summed E-state index contributed by atoms with van der Waals surface area (Å²) in [5, 5.41) is 2.92. The maximum absolute atomic E-state index is 13.2. The van der Waals surface area contributed by atoms with Gasteiger partial charge in [-0.2, -0.15) is 0 Å². The number of nitrogens with zero attached hydrogens (tertiary/aromatic N) is 3. The summed E-state index contributed by atoms with van der Waals surface area (Å²) < 4.78 is 12.3. The Balaban J connectivity index is 1.63. The molecule has 0 saturated heterocycles. The van der Waals surface area contributed by atoms with E-state index in [0.717, 1.165) is 22.6 Å². The van der Waals surface area contributed by atoms with Crippen LogP contribution < -0.4 is 10.1 Å². The molecule has 8 nitrogen and oxygen atoms in total. The fourth-order valence-corrected chi connectivity index (χ4v) is 4.00. The van der Waals surface area contributed by atoms with Gasteiger partial charge in [-0.1, -0.05) is 24.3 Å². The number of carbonyl (C=O) groups excluding carboxylic acids is 2. The third-order valence-electron chi connectivity index (χ3n) is 6.32. The lowest BCUT2D eigenvalue weighted by Crippen LogP contribution is -2.40. The molecule has 0 aliphatic rings. The number of carbonyl (C=O) groups is 2. The highest BCUT2D eigenvalue weighted by Crippen LogP contribution is 2.27. The fraction of sp³-hybridized carbons (Fsp3) is 0.233. The van der Waals surface area contributed by atoms with Crippen LogP contribution in [0.15, 0.2) is 79.0 Å². The van der Waals surface area contributed by atoms with Crippen LogP contribution in [0.2, 0.25) is 0 Å². The van der Waals surface area contributed by atoms with Gasteiger partial charge < -0.3 is 14.4 Å². The molecule has 1 aromatic heterocycles. The van der Waals surface area contributed by atoms with E-state index < -0.39 is 0 Å². The minimum absolute atomic E-state index is 0.144. The summed E-state index contributed by atoms with van der Waals surface area (Å²) in [7, 11) is 3.18. The Bertz CT molecular complexity index is 1400. The van der Waals surface area contributed by atoms with E-state index in [0.29, 0.717) is 23.8 Å². The molecule has 4 rings (SSSR count). The molecule has 196 valence electrons. The van der Waals surface area contributed by atoms with Crippen LogP contribution in [0.3, 0.4) is 0 Å². The summed E-state index contributed by atoms with van der Waals surface area (Å²) in [6.45, 7) is 4.54. The monoisotopic (exact) mass is 512 g/mol. The molecule has 0 aliphatic heterocycles. The van der Waals surface area contributed by atoms with Crippen LogP contribution in [-0.2, 0) is 9.53 Å². The number of aryl methyl sites for hydroxylation is 2. The molecule has 1 heterocycles. The number of hydrogen-bond acceptors (Lipinski definition) is 5. The predicted molar refractivity (Wildman–Crippen MR) is 148 cm³/mol. The molecule has 0 saturated carbocycles. The van der Waals surface area contributed by atoms with Gasteiger partial charge in [0.25, 0.3) is 5.91 Å². The van der Waals surface area contributed by atoms with Crippen molar-refractivity contribution >= 4 is 17.8 Å². The van der Waals surface area contributed by atoms with Crippen molar-refractivity contribution in [3.63, 3.8) is 0 Å². The van der Waals surface area contributed by atoms with E-state index in [4.69, 9.17) is 14.5 Å². The zero-order chi connectivity index (χ0) is 27.1. The normalized spacial score (nSPS) is 10.7. The Morgan fingerprint density at radius 2 is 1.68 bits per heavy atom. The van der Waals surface area contributed by atoms with Crippen molar-refractivity contribution in [2.45, 2.75) is 13.8 Å². The number of ether oxygens (including phenoxy) is 2. The standard InChI is InChI=1S/C30H32N4O4/c1-21-10-13-25(18-22(21)2)34-19-27(23-11-14-26(38-4)15-12-23)31-30(34)32-28(35)20-33(16-17-37-3)29(36)24-8-6-5-7-9-24/h5-15,18-19H,16-17,20H2,1-4H3,(H,31,32,35). The average molecular weight is 513 g/mol. The summed E-state index contributed by atoms with van der Waals surface area (Å²) in [4.78, 5) is 32.6. The van der Waals surface area contributed by atoms with Crippen molar-refractivity contribution in [1.82, 2.24) is 14.5 Å². The molecule has 1 N–H and O–H groups in total. The Labute approximate surface area is 222 Å². The van der Waals surface area contributed by atoms with Crippen molar-refractivity contribution in [3.8, 4) is 22.7 Å². The van der Waals surface area contributed by atoms with Crippen LogP contribution in [0.25, 0.3) is 16.9 Å². The van der Waals surface area contributed by atoms with Crippen molar-refractivity contribution in [2.75, 3.05) is 39.2 Å². The first-order valence-electron chi connectivity index (χ1n) is 12.3. The van der Waals surface area contributed by atoms with E-state index in [1.807, 2.05) is 66.2 Å². The smallest absolute Gasteiger partial charge is 0.254 e. The summed E-state index contributed by atoms with van der Waals surface area (Å²) in [6, 6.07) is 22.5. The third-order valence-corrected chi connectivity index (χ3v) is 6.32. The summed E-state index contributed by atoms with van der Waals surface area (Å²) >= 11 is 0. The quantitative estimate of drug-likeness (QED) is 0.327. The molecule has 0 unspecified atom stereocenters. The lowest BCUT2D eigenvalue weighted by molar-refractivity contribution is -0.117. The molecule has 4 aromatic rings. The Kier molecular flexibility index (Phi) is 8.55. The van der Waals surface area contributed by atoms with Crippen LogP contribution in [0, 0.1) is 13.8 Å². The number of hydrogen-bond donors (Lipinski definition) is 1. The third kappa shape index (κ3) is 6.27. The highest BCUT2D eigenvalue weighted by molar-refractivity contribution is 5.99. The van der Waals surface area contributed by atoms with Crippen LogP contribution in [0.5, 0.6) is 5.75 Å². The van der Waals surface area contributed by atoms with Gasteiger partial charge in [-0.3, -0.25) is 19.5 Å². The van der Waals surface area contributed by atoms with Crippen LogP contribution in [0.4, 0.5) is 5.95 Å². The number of anilines is 1. The van der Waals surface area contributed by atoms with E-state index in [1.165, 1.54) is 10.5 Å². The van der Waals surface area contributed by atoms with Gasteiger partial charge in [0.05, 0.1) is 19.4 Å². The van der Waals surface area contributed by atoms with Gasteiger partial charge in [-0.15, -0.1) is 0 Å². The van der Waals surface area contributed by atoms with Crippen molar-refractivity contribution in [3.05, 3.63) is 95.7 Å². The number of nitrogens with one attached hydrogen (secondary N) is 1. The number of methoxy groups -OCH3 is 2. The first kappa shape index (κ1) is 26.6. The minimum Gasteiger partial charge on any atom is -0.497 e. The second-order valence-corrected chi connectivity index (χ2v) is 8.95. The van der Waals surface area contributed by atoms with Gasteiger partial charge in [0.2, 0.25) is 11.9 Å². The van der Waals surface area contributed by atoms with Gasteiger partial charge in [0, 0.05) is 36.7 Å². The van der Waals surface area contributed by atoms with E-state index >= 15 is 0 Å². The Hall–Kier alpha value is -4.43. The number of amides is 2. The van der Waals surface area contributed by atoms with Gasteiger partial charge in [-0.25, -0.2) is 4.98 Å². The topological polar surface area (TPSA) is 85.7 Å². The maximum Gasteiger partial charge on any atom is 0.254 e. The minimum atomic E-state index is -0.359. The molecule has 0 radical (unpaired) electrons. The van der Waals surface area contributed by atoms with Gasteiger partial charge in [-0.05, 0) is 73.5 Å². The SMILES string of the molecule is COCCN(CC(=O)Nc1nc(-c2ccc(OC)cc2)cn1-c1ccc(C)c(C)c1)C(=O)c1ccccc1. The summed E-state index contributed by atoms with van der Waals surface area (Å²) in [5.41, 5.74) is 5.24. The summed E-state index contributed by atoms with van der Waals surface area (Å²) in [5.74, 6) is 0.509. The van der Waals surface area contributed by atoms with E-state index in [9.17, 15) is 9.59 Å². The highest BCUT2D eigenvalue weighted by Gasteiger charge is 2.21. The lowest BCUT2D eigenvalue weighted by atomic mass is 10.1. The fourth-order valence-electron chi connectivity index (χ4n) is 4.00. The molecule has 0 spiro atoms. The highest BCUT2D eigenvalue weighted by atomic mass is 16.5.